The molecule has 0 radical (unpaired) electrons. The lowest BCUT2D eigenvalue weighted by Crippen LogP contribution is -2.28. The molecule has 1 atom stereocenters. The molecule has 1 unspecified atom stereocenters. The van der Waals surface area contributed by atoms with E-state index < -0.39 is 5.92 Å². The van der Waals surface area contributed by atoms with Crippen molar-refractivity contribution in [1.82, 2.24) is 0 Å². The number of anilines is 2. The van der Waals surface area contributed by atoms with E-state index >= 15 is 0 Å². The Bertz CT molecular complexity index is 866. The van der Waals surface area contributed by atoms with E-state index in [-0.39, 0.29) is 18.2 Å². The first-order chi connectivity index (χ1) is 12.4. The number of benzene rings is 2. The SMILES string of the molecule is COc1ccc(Cl)cc1N1CC(C(=O)Nc2cccc(C)c2C)CC1=O. The van der Waals surface area contributed by atoms with Crippen molar-refractivity contribution in [1.29, 1.82) is 0 Å². The zero-order valence-corrected chi connectivity index (χ0v) is 15.8. The number of nitrogens with zero attached hydrogens (tertiary/aromatic N) is 1. The lowest BCUT2D eigenvalue weighted by molar-refractivity contribution is -0.122. The largest absolute Gasteiger partial charge is 0.495 e. The summed E-state index contributed by atoms with van der Waals surface area (Å²) in [7, 11) is 1.54. The Balaban J connectivity index is 1.78. The Morgan fingerprint density at radius 3 is 2.77 bits per heavy atom. The molecule has 2 aromatic carbocycles. The lowest BCUT2D eigenvalue weighted by atomic mass is 10.1. The molecule has 1 aliphatic heterocycles. The normalized spacial score (nSPS) is 16.7. The zero-order valence-electron chi connectivity index (χ0n) is 15.0. The molecule has 0 aliphatic carbocycles. The van der Waals surface area contributed by atoms with Crippen LogP contribution in [0.15, 0.2) is 36.4 Å². The van der Waals surface area contributed by atoms with Gasteiger partial charge < -0.3 is 15.0 Å². The van der Waals surface area contributed by atoms with Crippen molar-refractivity contribution < 1.29 is 14.3 Å². The first kappa shape index (κ1) is 18.3. The van der Waals surface area contributed by atoms with Crippen LogP contribution in [0.3, 0.4) is 0 Å². The van der Waals surface area contributed by atoms with Crippen molar-refractivity contribution in [3.63, 3.8) is 0 Å². The molecule has 26 heavy (non-hydrogen) atoms. The monoisotopic (exact) mass is 372 g/mol. The summed E-state index contributed by atoms with van der Waals surface area (Å²) in [5, 5.41) is 3.46. The fourth-order valence-corrected chi connectivity index (χ4v) is 3.28. The summed E-state index contributed by atoms with van der Waals surface area (Å²) in [6, 6.07) is 10.9. The van der Waals surface area contributed by atoms with Gasteiger partial charge in [0.2, 0.25) is 11.8 Å². The van der Waals surface area contributed by atoms with Crippen LogP contribution in [0.5, 0.6) is 5.75 Å². The Morgan fingerprint density at radius 1 is 1.27 bits per heavy atom. The minimum Gasteiger partial charge on any atom is -0.495 e. The highest BCUT2D eigenvalue weighted by Gasteiger charge is 2.36. The topological polar surface area (TPSA) is 58.6 Å². The molecular formula is C20H21ClN2O3. The number of halogens is 1. The zero-order chi connectivity index (χ0) is 18.8. The average Bonchev–Trinajstić information content (AvgIpc) is 3.00. The number of ether oxygens (including phenoxy) is 1. The summed E-state index contributed by atoms with van der Waals surface area (Å²) < 4.78 is 5.33. The standard InChI is InChI=1S/C20H21ClN2O3/c1-12-5-4-6-16(13(12)2)22-20(25)14-9-19(24)23(11-14)17-10-15(21)7-8-18(17)26-3/h4-8,10,14H,9,11H2,1-3H3,(H,22,25). The highest BCUT2D eigenvalue weighted by molar-refractivity contribution is 6.31. The minimum absolute atomic E-state index is 0.119. The third-order valence-electron chi connectivity index (χ3n) is 4.79. The maximum absolute atomic E-state index is 12.7. The second-order valence-corrected chi connectivity index (χ2v) is 6.89. The van der Waals surface area contributed by atoms with Gasteiger partial charge in [0, 0.05) is 23.7 Å². The van der Waals surface area contributed by atoms with Crippen LogP contribution in [0, 0.1) is 19.8 Å². The molecule has 1 heterocycles. The minimum atomic E-state index is -0.425. The van der Waals surface area contributed by atoms with E-state index in [1.54, 1.807) is 23.1 Å². The molecule has 6 heteroatoms. The number of aryl methyl sites for hydroxylation is 1. The summed E-state index contributed by atoms with van der Waals surface area (Å²) in [6.07, 6.45) is 0.159. The number of carbonyl (C=O) groups excluding carboxylic acids is 2. The van der Waals surface area contributed by atoms with Gasteiger partial charge in [-0.2, -0.15) is 0 Å². The van der Waals surface area contributed by atoms with Crippen molar-refractivity contribution >= 4 is 34.8 Å². The van der Waals surface area contributed by atoms with Crippen molar-refractivity contribution in [3.8, 4) is 5.75 Å². The van der Waals surface area contributed by atoms with Gasteiger partial charge in [-0.15, -0.1) is 0 Å². The van der Waals surface area contributed by atoms with E-state index in [2.05, 4.69) is 5.32 Å². The number of rotatable bonds is 4. The summed E-state index contributed by atoms with van der Waals surface area (Å²) in [4.78, 5) is 26.7. The van der Waals surface area contributed by atoms with Crippen LogP contribution in [0.2, 0.25) is 5.02 Å². The molecule has 1 saturated heterocycles. The predicted molar refractivity (Wildman–Crippen MR) is 103 cm³/mol. The molecule has 2 amide bonds. The van der Waals surface area contributed by atoms with E-state index in [9.17, 15) is 9.59 Å². The first-order valence-electron chi connectivity index (χ1n) is 8.41. The lowest BCUT2D eigenvalue weighted by Gasteiger charge is -2.20. The van der Waals surface area contributed by atoms with Gasteiger partial charge in [-0.1, -0.05) is 23.7 Å². The summed E-state index contributed by atoms with van der Waals surface area (Å²) >= 11 is 6.07. The molecule has 1 fully saturated rings. The van der Waals surface area contributed by atoms with Gasteiger partial charge in [0.1, 0.15) is 5.75 Å². The van der Waals surface area contributed by atoms with Gasteiger partial charge in [0.25, 0.3) is 0 Å². The van der Waals surface area contributed by atoms with Crippen LogP contribution in [0.25, 0.3) is 0 Å². The van der Waals surface area contributed by atoms with Crippen LogP contribution in [0.1, 0.15) is 17.5 Å². The molecule has 0 saturated carbocycles. The van der Waals surface area contributed by atoms with Crippen LogP contribution in [-0.2, 0) is 9.59 Å². The fourth-order valence-electron chi connectivity index (χ4n) is 3.11. The predicted octanol–water partition coefficient (Wildman–Crippen LogP) is 3.96. The summed E-state index contributed by atoms with van der Waals surface area (Å²) in [6.45, 7) is 4.26. The molecule has 1 N–H and O–H groups in total. The van der Waals surface area contributed by atoms with E-state index in [0.29, 0.717) is 23.0 Å². The Hall–Kier alpha value is -2.53. The Labute approximate surface area is 157 Å². The molecule has 0 aromatic heterocycles. The molecule has 3 rings (SSSR count). The van der Waals surface area contributed by atoms with Gasteiger partial charge in [-0.3, -0.25) is 9.59 Å². The molecule has 1 aliphatic rings. The number of hydrogen-bond acceptors (Lipinski definition) is 3. The maximum atomic E-state index is 12.7. The third kappa shape index (κ3) is 3.53. The third-order valence-corrected chi connectivity index (χ3v) is 5.03. The second kappa shape index (κ2) is 7.38. The van der Waals surface area contributed by atoms with Crippen molar-refractivity contribution in [2.75, 3.05) is 23.9 Å². The van der Waals surface area contributed by atoms with Gasteiger partial charge >= 0.3 is 0 Å². The average molecular weight is 373 g/mol. The Kier molecular flexibility index (Phi) is 5.18. The summed E-state index contributed by atoms with van der Waals surface area (Å²) in [5.74, 6) is -0.147. The fraction of sp³-hybridized carbons (Fsp3) is 0.300. The van der Waals surface area contributed by atoms with Gasteiger partial charge in [0.05, 0.1) is 18.7 Å². The van der Waals surface area contributed by atoms with Crippen molar-refractivity contribution in [2.24, 2.45) is 5.92 Å². The van der Waals surface area contributed by atoms with Crippen LogP contribution in [0.4, 0.5) is 11.4 Å². The highest BCUT2D eigenvalue weighted by atomic mass is 35.5. The number of nitrogens with one attached hydrogen (secondary N) is 1. The molecule has 136 valence electrons. The van der Waals surface area contributed by atoms with Gasteiger partial charge in [-0.25, -0.2) is 0 Å². The van der Waals surface area contributed by atoms with Gasteiger partial charge in [-0.05, 0) is 49.2 Å². The molecule has 0 spiro atoms. The van der Waals surface area contributed by atoms with Gasteiger partial charge in [0.15, 0.2) is 0 Å². The first-order valence-corrected chi connectivity index (χ1v) is 8.79. The smallest absolute Gasteiger partial charge is 0.229 e. The van der Waals surface area contributed by atoms with Crippen molar-refractivity contribution in [3.05, 3.63) is 52.5 Å². The van der Waals surface area contributed by atoms with Crippen LogP contribution in [-0.4, -0.2) is 25.5 Å². The van der Waals surface area contributed by atoms with E-state index in [0.717, 1.165) is 16.8 Å². The molecule has 0 bridgehead atoms. The number of carbonyl (C=O) groups is 2. The number of amides is 2. The quantitative estimate of drug-likeness (QED) is 0.883. The van der Waals surface area contributed by atoms with E-state index in [1.807, 2.05) is 32.0 Å². The molecule has 2 aromatic rings. The number of methoxy groups -OCH3 is 1. The molecular weight excluding hydrogens is 352 g/mol. The second-order valence-electron chi connectivity index (χ2n) is 6.46. The summed E-state index contributed by atoms with van der Waals surface area (Å²) in [5.41, 5.74) is 3.50. The van der Waals surface area contributed by atoms with E-state index in [1.165, 1.54) is 7.11 Å². The molecule has 5 nitrogen and oxygen atoms in total. The maximum Gasteiger partial charge on any atom is 0.229 e. The van der Waals surface area contributed by atoms with Crippen molar-refractivity contribution in [2.45, 2.75) is 20.3 Å². The van der Waals surface area contributed by atoms with E-state index in [4.69, 9.17) is 16.3 Å². The Morgan fingerprint density at radius 2 is 2.04 bits per heavy atom. The number of hydrogen-bond donors (Lipinski definition) is 1. The van der Waals surface area contributed by atoms with Crippen LogP contribution < -0.4 is 15.0 Å². The van der Waals surface area contributed by atoms with Crippen LogP contribution >= 0.6 is 11.6 Å². The highest BCUT2D eigenvalue weighted by Crippen LogP contribution is 2.35.